The Hall–Kier alpha value is -1.25. The standard InChI is InChI=1S/C15H17N2OP/c1-18-19-16-14(12-8-4-2-5-9-12)15(17-19)13-10-6-3-7-11-13/h2-11,14-17H,1H3. The second-order valence-corrected chi connectivity index (χ2v) is 5.98. The molecule has 0 radical (unpaired) electrons. The molecule has 0 saturated carbocycles. The van der Waals surface area contributed by atoms with Gasteiger partial charge in [0.1, 0.15) is 0 Å². The molecule has 0 aromatic heterocycles. The highest BCUT2D eigenvalue weighted by Gasteiger charge is 2.35. The van der Waals surface area contributed by atoms with E-state index < -0.39 is 8.45 Å². The van der Waals surface area contributed by atoms with E-state index in [0.29, 0.717) is 0 Å². The van der Waals surface area contributed by atoms with Crippen LogP contribution in [0.3, 0.4) is 0 Å². The lowest BCUT2D eigenvalue weighted by Crippen LogP contribution is -2.17. The summed E-state index contributed by atoms with van der Waals surface area (Å²) in [5.74, 6) is 0. The Morgan fingerprint density at radius 3 is 1.58 bits per heavy atom. The largest absolute Gasteiger partial charge is 0.335 e. The van der Waals surface area contributed by atoms with E-state index in [0.717, 1.165) is 0 Å². The molecule has 19 heavy (non-hydrogen) atoms. The van der Waals surface area contributed by atoms with Gasteiger partial charge in [0, 0.05) is 7.11 Å². The predicted octanol–water partition coefficient (Wildman–Crippen LogP) is 3.54. The summed E-state index contributed by atoms with van der Waals surface area (Å²) in [6.45, 7) is 0. The maximum atomic E-state index is 5.46. The Morgan fingerprint density at radius 1 is 0.789 bits per heavy atom. The van der Waals surface area contributed by atoms with E-state index in [1.165, 1.54) is 11.1 Å². The van der Waals surface area contributed by atoms with Crippen LogP contribution in [0.1, 0.15) is 23.2 Å². The second kappa shape index (κ2) is 5.81. The second-order valence-electron chi connectivity index (χ2n) is 4.51. The molecule has 1 heterocycles. The molecule has 1 aliphatic rings. The Morgan fingerprint density at radius 2 is 1.21 bits per heavy atom. The summed E-state index contributed by atoms with van der Waals surface area (Å²) < 4.78 is 5.46. The smallest absolute Gasteiger partial charge is 0.183 e. The Bertz CT molecular complexity index is 473. The first kappa shape index (κ1) is 12.8. The lowest BCUT2D eigenvalue weighted by atomic mass is 9.95. The fourth-order valence-corrected chi connectivity index (χ4v) is 3.79. The van der Waals surface area contributed by atoms with Crippen LogP contribution in [-0.4, -0.2) is 7.11 Å². The van der Waals surface area contributed by atoms with E-state index >= 15 is 0 Å². The zero-order chi connectivity index (χ0) is 13.1. The Kier molecular flexibility index (Phi) is 3.90. The first-order valence-electron chi connectivity index (χ1n) is 6.35. The molecule has 4 heteroatoms. The van der Waals surface area contributed by atoms with E-state index in [1.54, 1.807) is 7.11 Å². The molecule has 0 bridgehead atoms. The molecule has 0 aliphatic carbocycles. The van der Waals surface area contributed by atoms with Crippen LogP contribution < -0.4 is 10.2 Å². The van der Waals surface area contributed by atoms with Gasteiger partial charge in [0.15, 0.2) is 8.45 Å². The van der Waals surface area contributed by atoms with Crippen LogP contribution >= 0.6 is 8.45 Å². The highest BCUT2D eigenvalue weighted by molar-refractivity contribution is 7.48. The third-order valence-electron chi connectivity index (χ3n) is 3.35. The Balaban J connectivity index is 1.92. The average Bonchev–Trinajstić information content (AvgIpc) is 2.93. The number of benzene rings is 2. The van der Waals surface area contributed by atoms with Gasteiger partial charge < -0.3 is 4.52 Å². The van der Waals surface area contributed by atoms with Gasteiger partial charge in [-0.05, 0) is 11.1 Å². The molecule has 1 fully saturated rings. The molecule has 0 spiro atoms. The Labute approximate surface area is 114 Å². The van der Waals surface area contributed by atoms with Crippen molar-refractivity contribution in [2.24, 2.45) is 0 Å². The van der Waals surface area contributed by atoms with E-state index in [4.69, 9.17) is 4.52 Å². The summed E-state index contributed by atoms with van der Waals surface area (Å²) in [4.78, 5) is 0. The summed E-state index contributed by atoms with van der Waals surface area (Å²) in [6, 6.07) is 21.5. The molecular weight excluding hydrogens is 255 g/mol. The molecule has 2 aromatic rings. The van der Waals surface area contributed by atoms with Crippen LogP contribution in [0.5, 0.6) is 0 Å². The summed E-state index contributed by atoms with van der Waals surface area (Å²) in [6.07, 6.45) is 0. The monoisotopic (exact) mass is 272 g/mol. The van der Waals surface area contributed by atoms with Crippen molar-refractivity contribution in [1.29, 1.82) is 0 Å². The van der Waals surface area contributed by atoms with E-state index in [-0.39, 0.29) is 12.1 Å². The summed E-state index contributed by atoms with van der Waals surface area (Å²) >= 11 is 0. The van der Waals surface area contributed by atoms with Crippen molar-refractivity contribution in [2.45, 2.75) is 12.1 Å². The third-order valence-corrected chi connectivity index (χ3v) is 4.74. The highest BCUT2D eigenvalue weighted by atomic mass is 31.2. The first-order chi connectivity index (χ1) is 9.38. The predicted molar refractivity (Wildman–Crippen MR) is 78.6 cm³/mol. The molecule has 3 nitrogen and oxygen atoms in total. The number of hydrogen-bond acceptors (Lipinski definition) is 3. The molecule has 1 saturated heterocycles. The average molecular weight is 272 g/mol. The van der Waals surface area contributed by atoms with E-state index in [1.807, 2.05) is 12.1 Å². The van der Waals surface area contributed by atoms with Gasteiger partial charge in [-0.15, -0.1) is 0 Å². The van der Waals surface area contributed by atoms with Crippen molar-refractivity contribution in [2.75, 3.05) is 7.11 Å². The maximum Gasteiger partial charge on any atom is 0.183 e. The van der Waals surface area contributed by atoms with Crippen molar-refractivity contribution in [3.8, 4) is 0 Å². The first-order valence-corrected chi connectivity index (χ1v) is 7.61. The summed E-state index contributed by atoms with van der Waals surface area (Å²) in [5.41, 5.74) is 2.57. The van der Waals surface area contributed by atoms with Crippen LogP contribution in [0, 0.1) is 0 Å². The van der Waals surface area contributed by atoms with Crippen molar-refractivity contribution in [3.05, 3.63) is 71.8 Å². The maximum absolute atomic E-state index is 5.46. The minimum Gasteiger partial charge on any atom is -0.335 e. The van der Waals surface area contributed by atoms with Crippen molar-refractivity contribution >= 4 is 8.45 Å². The lowest BCUT2D eigenvalue weighted by Gasteiger charge is -2.19. The van der Waals surface area contributed by atoms with Crippen molar-refractivity contribution < 1.29 is 4.52 Å². The highest BCUT2D eigenvalue weighted by Crippen LogP contribution is 2.46. The van der Waals surface area contributed by atoms with Crippen LogP contribution in [0.25, 0.3) is 0 Å². The topological polar surface area (TPSA) is 33.3 Å². The van der Waals surface area contributed by atoms with Gasteiger partial charge >= 0.3 is 0 Å². The zero-order valence-corrected chi connectivity index (χ0v) is 11.7. The lowest BCUT2D eigenvalue weighted by molar-refractivity contribution is 0.451. The summed E-state index contributed by atoms with van der Waals surface area (Å²) in [7, 11) is 0.968. The van der Waals surface area contributed by atoms with Gasteiger partial charge in [-0.3, -0.25) is 10.2 Å². The van der Waals surface area contributed by atoms with Crippen molar-refractivity contribution in [1.82, 2.24) is 10.2 Å². The molecule has 0 amide bonds. The third kappa shape index (κ3) is 2.70. The van der Waals surface area contributed by atoms with Gasteiger partial charge in [0.2, 0.25) is 0 Å². The van der Waals surface area contributed by atoms with Gasteiger partial charge in [0.05, 0.1) is 12.1 Å². The molecule has 3 rings (SSSR count). The fourth-order valence-electron chi connectivity index (χ4n) is 2.40. The normalized spacial score (nSPS) is 26.5. The molecule has 2 unspecified atom stereocenters. The molecule has 2 aromatic carbocycles. The molecule has 98 valence electrons. The van der Waals surface area contributed by atoms with E-state index in [9.17, 15) is 0 Å². The van der Waals surface area contributed by atoms with Crippen LogP contribution in [0.15, 0.2) is 60.7 Å². The van der Waals surface area contributed by atoms with E-state index in [2.05, 4.69) is 58.7 Å². The molecular formula is C15H17N2OP. The minimum atomic E-state index is -0.769. The SMILES string of the molecule is COP1NC(c2ccccc2)C(c2ccccc2)N1. The number of hydrogen-bond donors (Lipinski definition) is 2. The quantitative estimate of drug-likeness (QED) is 0.838. The van der Waals surface area contributed by atoms with Crippen LogP contribution in [0.2, 0.25) is 0 Å². The molecule has 2 N–H and O–H groups in total. The van der Waals surface area contributed by atoms with Gasteiger partial charge in [0.25, 0.3) is 0 Å². The van der Waals surface area contributed by atoms with Gasteiger partial charge in [-0.2, -0.15) is 0 Å². The molecule has 1 aliphatic heterocycles. The number of nitrogens with one attached hydrogen (secondary N) is 2. The van der Waals surface area contributed by atoms with Crippen LogP contribution in [0.4, 0.5) is 0 Å². The number of rotatable bonds is 3. The van der Waals surface area contributed by atoms with Crippen molar-refractivity contribution in [3.63, 3.8) is 0 Å². The summed E-state index contributed by atoms with van der Waals surface area (Å²) in [5, 5.41) is 7.07. The minimum absolute atomic E-state index is 0.245. The van der Waals surface area contributed by atoms with Gasteiger partial charge in [-0.25, -0.2) is 0 Å². The fraction of sp³-hybridized carbons (Fsp3) is 0.200. The zero-order valence-electron chi connectivity index (χ0n) is 10.8. The van der Waals surface area contributed by atoms with Gasteiger partial charge in [-0.1, -0.05) is 60.7 Å². The molecule has 2 atom stereocenters. The van der Waals surface area contributed by atoms with Crippen LogP contribution in [-0.2, 0) is 4.52 Å².